The number of carbonyl (C=O) groups is 2. The molecule has 0 saturated carbocycles. The van der Waals surface area contributed by atoms with Gasteiger partial charge in [0.2, 0.25) is 10.9 Å². The molecule has 4 aromatic heterocycles. The van der Waals surface area contributed by atoms with Gasteiger partial charge in [0.1, 0.15) is 35.3 Å². The van der Waals surface area contributed by atoms with Crippen molar-refractivity contribution in [2.45, 2.75) is 31.7 Å². The maximum atomic E-state index is 14.1. The number of aromatic nitrogens is 5. The molecule has 1 aromatic carbocycles. The normalized spacial score (nSPS) is 16.0. The van der Waals surface area contributed by atoms with E-state index < -0.39 is 41.9 Å². The molecule has 0 unspecified atom stereocenters. The molecule has 43 heavy (non-hydrogen) atoms. The van der Waals surface area contributed by atoms with Gasteiger partial charge in [0.05, 0.1) is 12.7 Å². The number of alkyl halides is 2. The number of anilines is 2. The van der Waals surface area contributed by atoms with Crippen molar-refractivity contribution < 1.29 is 27.5 Å². The fourth-order valence-electron chi connectivity index (χ4n) is 4.60. The van der Waals surface area contributed by atoms with Crippen LogP contribution in [0.5, 0.6) is 0 Å². The summed E-state index contributed by atoms with van der Waals surface area (Å²) in [6.07, 6.45) is 0.961. The van der Waals surface area contributed by atoms with Crippen molar-refractivity contribution in [1.29, 1.82) is 0 Å². The van der Waals surface area contributed by atoms with Crippen LogP contribution in [0.15, 0.2) is 53.6 Å². The van der Waals surface area contributed by atoms with Gasteiger partial charge in [0, 0.05) is 33.1 Å². The van der Waals surface area contributed by atoms with E-state index >= 15 is 0 Å². The van der Waals surface area contributed by atoms with E-state index in [9.17, 15) is 27.6 Å². The van der Waals surface area contributed by atoms with E-state index in [1.807, 2.05) is 6.07 Å². The number of nitrogens with two attached hydrogens (primary N) is 1. The van der Waals surface area contributed by atoms with Crippen molar-refractivity contribution in [3.8, 4) is 10.6 Å². The molecule has 12 nitrogen and oxygen atoms in total. The van der Waals surface area contributed by atoms with Crippen LogP contribution < -0.4 is 21.9 Å². The summed E-state index contributed by atoms with van der Waals surface area (Å²) >= 11 is 2.18. The number of benzene rings is 1. The number of hydrogen-bond donors (Lipinski definition) is 3. The second kappa shape index (κ2) is 11.5. The van der Waals surface area contributed by atoms with E-state index in [0.717, 1.165) is 37.1 Å². The summed E-state index contributed by atoms with van der Waals surface area (Å²) in [5.74, 6) is -1.86. The maximum Gasteiger partial charge on any atom is 0.346 e. The molecule has 5 heterocycles. The van der Waals surface area contributed by atoms with Crippen molar-refractivity contribution >= 4 is 56.1 Å². The number of amides is 2. The van der Waals surface area contributed by atoms with E-state index in [-0.39, 0.29) is 40.1 Å². The van der Waals surface area contributed by atoms with Gasteiger partial charge in [-0.05, 0) is 24.3 Å². The zero-order chi connectivity index (χ0) is 30.2. The monoisotopic (exact) mass is 628 g/mol. The Morgan fingerprint density at radius 1 is 1.14 bits per heavy atom. The summed E-state index contributed by atoms with van der Waals surface area (Å²) in [7, 11) is 0. The standard InChI is InChI=1S/C26H19F3N8O4S2/c27-14-4-2-1-3-13(14)23-35-36-24(43-23)22(39)34-15-10-32-20-17(41-26(28)29)6-16(37(20)25(15)40)21(38)33-9-12-5-11-8-31-19(30)7-18(11)42-12/h1-5,7-8,10,16-17,26H,6,9H2,(H2,30,31)(H,33,38)(H,34,39)/t16-,17+/m0/s1. The van der Waals surface area contributed by atoms with Crippen molar-refractivity contribution in [3.05, 3.63) is 80.7 Å². The Hall–Kier alpha value is -4.74. The Bertz CT molecular complexity index is 1930. The van der Waals surface area contributed by atoms with Gasteiger partial charge < -0.3 is 21.1 Å². The number of nitrogens with zero attached hydrogens (tertiary/aromatic N) is 5. The fourth-order valence-corrected chi connectivity index (χ4v) is 6.39. The Labute approximate surface area is 247 Å². The first-order chi connectivity index (χ1) is 20.7. The number of halogens is 3. The SMILES string of the molecule is Nc1cc2sc(CNC(=O)[C@@H]3C[C@@H](OC(F)F)c4ncc(NC(=O)c5nnc(-c6ccccc6F)s5)c(=O)n43)cc2cn1. The van der Waals surface area contributed by atoms with Crippen LogP contribution in [0.4, 0.5) is 24.7 Å². The summed E-state index contributed by atoms with van der Waals surface area (Å²) in [5.41, 5.74) is 4.68. The molecule has 2 amide bonds. The largest absolute Gasteiger partial charge is 0.384 e. The molecule has 0 saturated heterocycles. The molecule has 1 aliphatic heterocycles. The minimum atomic E-state index is -3.18. The average molecular weight is 629 g/mol. The molecule has 5 aromatic rings. The van der Waals surface area contributed by atoms with Crippen LogP contribution in [0.25, 0.3) is 20.7 Å². The zero-order valence-corrected chi connectivity index (χ0v) is 23.3. The van der Waals surface area contributed by atoms with Gasteiger partial charge >= 0.3 is 6.61 Å². The number of carbonyl (C=O) groups excluding carboxylic acids is 2. The third kappa shape index (κ3) is 5.69. The maximum absolute atomic E-state index is 14.1. The van der Waals surface area contributed by atoms with E-state index in [1.165, 1.54) is 29.5 Å². The molecule has 2 atom stereocenters. The highest BCUT2D eigenvalue weighted by Gasteiger charge is 2.40. The fraction of sp³-hybridized carbons (Fsp3) is 0.192. The zero-order valence-electron chi connectivity index (χ0n) is 21.7. The number of hydrogen-bond acceptors (Lipinski definition) is 11. The summed E-state index contributed by atoms with van der Waals surface area (Å²) in [4.78, 5) is 48.5. The smallest absolute Gasteiger partial charge is 0.346 e. The molecule has 0 radical (unpaired) electrons. The third-order valence-corrected chi connectivity index (χ3v) is 8.56. The highest BCUT2D eigenvalue weighted by molar-refractivity contribution is 7.19. The van der Waals surface area contributed by atoms with Gasteiger partial charge in [0.25, 0.3) is 11.5 Å². The van der Waals surface area contributed by atoms with Gasteiger partial charge in [-0.15, -0.1) is 21.5 Å². The molecular formula is C26H19F3N8O4S2. The predicted octanol–water partition coefficient (Wildman–Crippen LogP) is 3.89. The van der Waals surface area contributed by atoms with Crippen LogP contribution in [0.2, 0.25) is 0 Å². The topological polar surface area (TPSA) is 167 Å². The second-order valence-corrected chi connectivity index (χ2v) is 11.4. The van der Waals surface area contributed by atoms with Gasteiger partial charge in [-0.2, -0.15) is 8.78 Å². The number of ether oxygens (including phenoxy) is 1. The number of rotatable bonds is 8. The molecule has 220 valence electrons. The van der Waals surface area contributed by atoms with Crippen LogP contribution in [0.3, 0.4) is 0 Å². The highest BCUT2D eigenvalue weighted by atomic mass is 32.1. The van der Waals surface area contributed by atoms with E-state index in [1.54, 1.807) is 18.3 Å². The number of nitrogen functional groups attached to an aromatic ring is 1. The Morgan fingerprint density at radius 2 is 1.95 bits per heavy atom. The van der Waals surface area contributed by atoms with Crippen molar-refractivity contribution in [3.63, 3.8) is 0 Å². The van der Waals surface area contributed by atoms with E-state index in [4.69, 9.17) is 5.73 Å². The van der Waals surface area contributed by atoms with E-state index in [2.05, 4.69) is 35.5 Å². The second-order valence-electron chi connectivity index (χ2n) is 9.27. The summed E-state index contributed by atoms with van der Waals surface area (Å²) in [5, 5.41) is 13.5. The van der Waals surface area contributed by atoms with Gasteiger partial charge in [-0.1, -0.05) is 23.5 Å². The number of thiophene rings is 1. The molecule has 4 N–H and O–H groups in total. The van der Waals surface area contributed by atoms with Gasteiger partial charge in [-0.25, -0.2) is 14.4 Å². The highest BCUT2D eigenvalue weighted by Crippen LogP contribution is 2.36. The molecule has 17 heteroatoms. The summed E-state index contributed by atoms with van der Waals surface area (Å²) in [6, 6.07) is 8.09. The van der Waals surface area contributed by atoms with Crippen molar-refractivity contribution in [2.24, 2.45) is 0 Å². The van der Waals surface area contributed by atoms with Crippen LogP contribution >= 0.6 is 22.7 Å². The predicted molar refractivity (Wildman–Crippen MR) is 151 cm³/mol. The molecule has 0 aliphatic carbocycles. The van der Waals surface area contributed by atoms with Crippen molar-refractivity contribution in [1.82, 2.24) is 30.0 Å². The van der Waals surface area contributed by atoms with Crippen LogP contribution in [0, 0.1) is 5.82 Å². The molecule has 0 spiro atoms. The average Bonchev–Trinajstić information content (AvgIpc) is 3.70. The lowest BCUT2D eigenvalue weighted by Crippen LogP contribution is -2.36. The quantitative estimate of drug-likeness (QED) is 0.231. The van der Waals surface area contributed by atoms with Crippen molar-refractivity contribution in [2.75, 3.05) is 11.1 Å². The molecule has 6 rings (SSSR count). The Balaban J connectivity index is 1.23. The number of pyridine rings is 1. The van der Waals surface area contributed by atoms with Crippen LogP contribution in [0.1, 0.15) is 39.1 Å². The van der Waals surface area contributed by atoms with Gasteiger partial charge in [0.15, 0.2) is 5.01 Å². The first-order valence-corrected chi connectivity index (χ1v) is 14.2. The molecule has 0 fully saturated rings. The lowest BCUT2D eigenvalue weighted by atomic mass is 10.1. The third-order valence-electron chi connectivity index (χ3n) is 6.51. The summed E-state index contributed by atoms with van der Waals surface area (Å²) < 4.78 is 46.9. The first-order valence-electron chi connectivity index (χ1n) is 12.5. The molecular weight excluding hydrogens is 609 g/mol. The Kier molecular flexibility index (Phi) is 7.59. The lowest BCUT2D eigenvalue weighted by molar-refractivity contribution is -0.166. The minimum absolute atomic E-state index is 0.0876. The molecule has 0 bridgehead atoms. The minimum Gasteiger partial charge on any atom is -0.384 e. The molecule has 1 aliphatic rings. The summed E-state index contributed by atoms with van der Waals surface area (Å²) in [6.45, 7) is -3.10. The Morgan fingerprint density at radius 3 is 2.74 bits per heavy atom. The number of fused-ring (bicyclic) bond motifs is 2. The first kappa shape index (κ1) is 28.4. The number of nitrogens with one attached hydrogen (secondary N) is 2. The van der Waals surface area contributed by atoms with Crippen LogP contribution in [-0.2, 0) is 16.1 Å². The van der Waals surface area contributed by atoms with E-state index in [0.29, 0.717) is 5.82 Å². The van der Waals surface area contributed by atoms with Crippen LogP contribution in [-0.4, -0.2) is 43.2 Å². The van der Waals surface area contributed by atoms with Gasteiger partial charge in [-0.3, -0.25) is 19.0 Å². The lowest BCUT2D eigenvalue weighted by Gasteiger charge is -2.14.